The Balaban J connectivity index is 1.79. The molecule has 0 unspecified atom stereocenters. The molecule has 1 aromatic heterocycles. The van der Waals surface area contributed by atoms with Crippen LogP contribution in [0.25, 0.3) is 0 Å². The molecule has 0 radical (unpaired) electrons. The first kappa shape index (κ1) is 15.1. The second-order valence-electron chi connectivity index (χ2n) is 6.49. The van der Waals surface area contributed by atoms with E-state index in [9.17, 15) is 0 Å². The summed E-state index contributed by atoms with van der Waals surface area (Å²) >= 11 is 0. The molecule has 0 bridgehead atoms. The molecule has 4 heteroatoms. The van der Waals surface area contributed by atoms with Crippen LogP contribution in [0.1, 0.15) is 40.0 Å². The van der Waals surface area contributed by atoms with Gasteiger partial charge in [0.1, 0.15) is 12.4 Å². The Morgan fingerprint density at radius 1 is 1.20 bits per heavy atom. The number of hydrogen-bond donors (Lipinski definition) is 1. The van der Waals surface area contributed by atoms with Gasteiger partial charge in [-0.1, -0.05) is 12.5 Å². The SMILES string of the molecule is CC(C)(C)Nc1cccc(OCCN2CCCCC2)n1. The molecule has 1 aliphatic heterocycles. The summed E-state index contributed by atoms with van der Waals surface area (Å²) in [6, 6.07) is 5.88. The van der Waals surface area contributed by atoms with Crippen LogP contribution < -0.4 is 10.1 Å². The maximum absolute atomic E-state index is 5.77. The van der Waals surface area contributed by atoms with Gasteiger partial charge in [0.15, 0.2) is 0 Å². The lowest BCUT2D eigenvalue weighted by atomic mass is 10.1. The summed E-state index contributed by atoms with van der Waals surface area (Å²) in [4.78, 5) is 6.96. The zero-order valence-electron chi connectivity index (χ0n) is 13.0. The molecule has 0 aromatic carbocycles. The van der Waals surface area contributed by atoms with Crippen LogP contribution in [-0.4, -0.2) is 41.7 Å². The minimum atomic E-state index is 0.0133. The van der Waals surface area contributed by atoms with Gasteiger partial charge in [0.2, 0.25) is 5.88 Å². The number of nitrogens with one attached hydrogen (secondary N) is 1. The van der Waals surface area contributed by atoms with Crippen LogP contribution in [0.2, 0.25) is 0 Å². The summed E-state index contributed by atoms with van der Waals surface area (Å²) in [5.41, 5.74) is 0.0133. The van der Waals surface area contributed by atoms with E-state index in [1.807, 2.05) is 18.2 Å². The van der Waals surface area contributed by atoms with Crippen molar-refractivity contribution in [3.8, 4) is 5.88 Å². The first-order valence-electron chi connectivity index (χ1n) is 7.63. The van der Waals surface area contributed by atoms with E-state index in [-0.39, 0.29) is 5.54 Å². The fourth-order valence-electron chi connectivity index (χ4n) is 2.41. The van der Waals surface area contributed by atoms with Gasteiger partial charge in [0, 0.05) is 18.2 Å². The second kappa shape index (κ2) is 6.93. The molecule has 0 atom stereocenters. The van der Waals surface area contributed by atoms with Gasteiger partial charge in [-0.05, 0) is 52.8 Å². The summed E-state index contributed by atoms with van der Waals surface area (Å²) in [5, 5.41) is 3.36. The highest BCUT2D eigenvalue weighted by atomic mass is 16.5. The summed E-state index contributed by atoms with van der Waals surface area (Å²) in [7, 11) is 0. The summed E-state index contributed by atoms with van der Waals surface area (Å²) in [6.45, 7) is 10.5. The molecular weight excluding hydrogens is 250 g/mol. The molecular formula is C16H27N3O. The maximum atomic E-state index is 5.77. The van der Waals surface area contributed by atoms with Crippen LogP contribution in [-0.2, 0) is 0 Å². The number of aromatic nitrogens is 1. The van der Waals surface area contributed by atoms with E-state index in [1.165, 1.54) is 32.4 Å². The summed E-state index contributed by atoms with van der Waals surface area (Å²) < 4.78 is 5.77. The monoisotopic (exact) mass is 277 g/mol. The van der Waals surface area contributed by atoms with E-state index in [0.717, 1.165) is 12.4 Å². The molecule has 1 saturated heterocycles. The highest BCUT2D eigenvalue weighted by Gasteiger charge is 2.11. The van der Waals surface area contributed by atoms with E-state index in [2.05, 4.69) is 36.0 Å². The van der Waals surface area contributed by atoms with Crippen LogP contribution in [0.5, 0.6) is 5.88 Å². The van der Waals surface area contributed by atoms with Crippen molar-refractivity contribution in [2.45, 2.75) is 45.6 Å². The Morgan fingerprint density at radius 2 is 1.95 bits per heavy atom. The number of rotatable bonds is 5. The van der Waals surface area contributed by atoms with Gasteiger partial charge in [-0.25, -0.2) is 0 Å². The summed E-state index contributed by atoms with van der Waals surface area (Å²) in [6.07, 6.45) is 4.02. The van der Waals surface area contributed by atoms with Crippen LogP contribution >= 0.6 is 0 Å². The Hall–Kier alpha value is -1.29. The topological polar surface area (TPSA) is 37.4 Å². The molecule has 0 aliphatic carbocycles. The smallest absolute Gasteiger partial charge is 0.215 e. The average Bonchev–Trinajstić information content (AvgIpc) is 2.38. The van der Waals surface area contributed by atoms with Gasteiger partial charge in [-0.3, -0.25) is 4.90 Å². The second-order valence-corrected chi connectivity index (χ2v) is 6.49. The number of nitrogens with zero attached hydrogens (tertiary/aromatic N) is 2. The van der Waals surface area contributed by atoms with Crippen molar-refractivity contribution in [1.29, 1.82) is 0 Å². The zero-order valence-corrected chi connectivity index (χ0v) is 13.0. The predicted octanol–water partition coefficient (Wildman–Crippen LogP) is 3.16. The van der Waals surface area contributed by atoms with E-state index < -0.39 is 0 Å². The van der Waals surface area contributed by atoms with E-state index in [4.69, 9.17) is 4.74 Å². The normalized spacial score (nSPS) is 16.9. The highest BCUT2D eigenvalue weighted by Crippen LogP contribution is 2.16. The number of hydrogen-bond acceptors (Lipinski definition) is 4. The number of ether oxygens (including phenoxy) is 1. The summed E-state index contributed by atoms with van der Waals surface area (Å²) in [5.74, 6) is 1.57. The van der Waals surface area contributed by atoms with Gasteiger partial charge < -0.3 is 10.1 Å². The molecule has 0 amide bonds. The molecule has 4 nitrogen and oxygen atoms in total. The van der Waals surface area contributed by atoms with E-state index in [0.29, 0.717) is 12.5 Å². The molecule has 1 aromatic rings. The quantitative estimate of drug-likeness (QED) is 0.897. The molecule has 1 fully saturated rings. The van der Waals surface area contributed by atoms with Gasteiger partial charge >= 0.3 is 0 Å². The largest absolute Gasteiger partial charge is 0.476 e. The van der Waals surface area contributed by atoms with Crippen molar-refractivity contribution in [1.82, 2.24) is 9.88 Å². The predicted molar refractivity (Wildman–Crippen MR) is 83.4 cm³/mol. The minimum absolute atomic E-state index is 0.0133. The molecule has 2 rings (SSSR count). The zero-order chi connectivity index (χ0) is 14.4. The van der Waals surface area contributed by atoms with Crippen molar-refractivity contribution in [2.24, 2.45) is 0 Å². The van der Waals surface area contributed by atoms with Crippen molar-refractivity contribution in [2.75, 3.05) is 31.6 Å². The molecule has 1 aliphatic rings. The fraction of sp³-hybridized carbons (Fsp3) is 0.688. The van der Waals surface area contributed by atoms with Gasteiger partial charge in [-0.2, -0.15) is 4.98 Å². The van der Waals surface area contributed by atoms with Gasteiger partial charge in [0.25, 0.3) is 0 Å². The van der Waals surface area contributed by atoms with Crippen molar-refractivity contribution < 1.29 is 4.74 Å². The number of likely N-dealkylation sites (tertiary alicyclic amines) is 1. The number of pyridine rings is 1. The first-order chi connectivity index (χ1) is 9.53. The molecule has 0 spiro atoms. The number of piperidine rings is 1. The van der Waals surface area contributed by atoms with Crippen molar-refractivity contribution in [3.63, 3.8) is 0 Å². The average molecular weight is 277 g/mol. The van der Waals surface area contributed by atoms with Crippen LogP contribution in [0, 0.1) is 0 Å². The van der Waals surface area contributed by atoms with Gasteiger partial charge in [-0.15, -0.1) is 0 Å². The Morgan fingerprint density at radius 3 is 2.65 bits per heavy atom. The molecule has 2 heterocycles. The third-order valence-electron chi connectivity index (χ3n) is 3.33. The Kier molecular flexibility index (Phi) is 5.24. The Bertz CT molecular complexity index is 408. The van der Waals surface area contributed by atoms with Crippen LogP contribution in [0.4, 0.5) is 5.82 Å². The van der Waals surface area contributed by atoms with E-state index >= 15 is 0 Å². The van der Waals surface area contributed by atoms with Crippen molar-refractivity contribution >= 4 is 5.82 Å². The molecule has 20 heavy (non-hydrogen) atoms. The minimum Gasteiger partial charge on any atom is -0.476 e. The van der Waals surface area contributed by atoms with E-state index in [1.54, 1.807) is 0 Å². The third kappa shape index (κ3) is 5.37. The van der Waals surface area contributed by atoms with Crippen LogP contribution in [0.15, 0.2) is 18.2 Å². The number of anilines is 1. The lowest BCUT2D eigenvalue weighted by Gasteiger charge is -2.26. The van der Waals surface area contributed by atoms with Crippen LogP contribution in [0.3, 0.4) is 0 Å². The highest BCUT2D eigenvalue weighted by molar-refractivity contribution is 5.39. The molecule has 0 saturated carbocycles. The first-order valence-corrected chi connectivity index (χ1v) is 7.63. The van der Waals surface area contributed by atoms with Crippen molar-refractivity contribution in [3.05, 3.63) is 18.2 Å². The maximum Gasteiger partial charge on any atom is 0.215 e. The van der Waals surface area contributed by atoms with Gasteiger partial charge in [0.05, 0.1) is 0 Å². The lowest BCUT2D eigenvalue weighted by Crippen LogP contribution is -2.33. The molecule has 1 N–H and O–H groups in total. The molecule has 112 valence electrons. The Labute approximate surface area is 122 Å². The standard InChI is InChI=1S/C16H27N3O/c1-16(2,3)18-14-8-7-9-15(17-14)20-13-12-19-10-5-4-6-11-19/h7-9H,4-6,10-13H2,1-3H3,(H,17,18). The lowest BCUT2D eigenvalue weighted by molar-refractivity contribution is 0.180. The third-order valence-corrected chi connectivity index (χ3v) is 3.33. The fourth-order valence-corrected chi connectivity index (χ4v) is 2.41.